The summed E-state index contributed by atoms with van der Waals surface area (Å²) in [4.78, 5) is 1.96. The number of halogens is 1. The quantitative estimate of drug-likeness (QED) is 0.0400. The Balaban J connectivity index is 0.000000220. The molecule has 4 saturated heterocycles. The van der Waals surface area contributed by atoms with Crippen LogP contribution in [0.15, 0.2) is 252 Å². The van der Waals surface area contributed by atoms with Crippen molar-refractivity contribution in [3.8, 4) is 0 Å². The van der Waals surface area contributed by atoms with Gasteiger partial charge < -0.3 is 44.4 Å². The Hall–Kier alpha value is -4.35. The number of thioether (sulfide) groups is 2. The Morgan fingerprint density at radius 2 is 0.684 bits per heavy atom. The molecule has 0 saturated carbocycles. The molecule has 0 aromatic heterocycles. The average Bonchev–Trinajstić information content (AvgIpc) is 0.774. The Labute approximate surface area is 614 Å². The first kappa shape index (κ1) is 77.8. The van der Waals surface area contributed by atoms with Crippen LogP contribution in [-0.2, 0) is 109 Å². The Kier molecular flexibility index (Phi) is 32.1. The van der Waals surface area contributed by atoms with Crippen LogP contribution in [0.25, 0.3) is 0 Å². The summed E-state index contributed by atoms with van der Waals surface area (Å²) < 4.78 is 105. The van der Waals surface area contributed by atoms with Gasteiger partial charge in [0, 0.05) is 33.9 Å². The summed E-state index contributed by atoms with van der Waals surface area (Å²) >= 11 is 8.32. The zero-order valence-corrected chi connectivity index (χ0v) is 62.1. The predicted molar refractivity (Wildman–Crippen MR) is 379 cm³/mol. The third-order valence-corrected chi connectivity index (χ3v) is 21.7. The molecular weight excluding hydrogens is 1350 g/mol. The SMILES string of the molecule is C[C@H]1C[C@H](C)OP(=O)(Cl)O1.C[C@H]1C[C@H](C)OP(=O)(OC2C(Sc3ccccc3)OC(COCc3ccccc3)C(OCc3ccccc3)C2OCc2ccccc2)O1.OC1C(Sc2ccccc2)OC(COCc2ccccc2)C(OCc2ccccc2)C1OCc1ccccc1.[H-].[Na+]. The molecule has 518 valence electrons. The van der Waals surface area contributed by atoms with Gasteiger partial charge in [-0.3, -0.25) is 22.6 Å². The van der Waals surface area contributed by atoms with E-state index >= 15 is 0 Å². The van der Waals surface area contributed by atoms with Gasteiger partial charge in [-0.1, -0.05) is 242 Å². The number of hydrogen-bond acceptors (Lipinski definition) is 18. The summed E-state index contributed by atoms with van der Waals surface area (Å²) in [6.07, 6.45) is -4.73. The molecule has 0 amide bonds. The molecule has 4 aliphatic heterocycles. The molecule has 4 heterocycles. The molecule has 98 heavy (non-hydrogen) atoms. The third-order valence-electron chi connectivity index (χ3n) is 15.9. The molecule has 0 radical (unpaired) electrons. The van der Waals surface area contributed by atoms with Gasteiger partial charge in [0.15, 0.2) is 0 Å². The Morgan fingerprint density at radius 1 is 0.398 bits per heavy atom. The van der Waals surface area contributed by atoms with Gasteiger partial charge in [-0.15, -0.1) is 0 Å². The van der Waals surface area contributed by atoms with E-state index in [0.717, 1.165) is 49.6 Å². The molecule has 0 spiro atoms. The number of benzene rings is 8. The molecule has 14 atom stereocenters. The van der Waals surface area contributed by atoms with Crippen molar-refractivity contribution in [1.82, 2.24) is 0 Å². The average molecular weight is 1440 g/mol. The fourth-order valence-electron chi connectivity index (χ4n) is 11.4. The van der Waals surface area contributed by atoms with Crippen LogP contribution in [0.5, 0.6) is 0 Å². The molecule has 0 bridgehead atoms. The second kappa shape index (κ2) is 40.5. The first-order valence-corrected chi connectivity index (χ1v) is 38.5. The molecule has 22 heteroatoms. The standard InChI is InChI=1S/C38H43O8PS.C33H34O5S.C5H10ClO3P.Na.H/c1-28-23-29(2)45-47(39,44-28)46-37-36(42-26-32-19-11-5-12-20-32)35(41-25-31-17-9-4-10-18-31)34(27-40-24-30-15-7-3-8-16-30)43-38(37)48-33-21-13-6-14-22-33;34-30-32(37-23-27-17-9-3-10-18-27)31(36-22-26-15-7-2-8-16-26)29(24-35-21-25-13-5-1-6-14-25)38-33(30)39-28-19-11-4-12-20-28;1-4-3-5(2)9-10(6,7)8-4;;/h3-22,28-29,34-38H,23-27H2,1-2H3;1-20,29-34H,21-24H2;4-5H,3H2,1-2H3;;/q;;;+1;-1/t28-,29-,34?,35?,36?,37?,38?;;4-,5-;;/m0.0../s1. The van der Waals surface area contributed by atoms with E-state index in [1.165, 1.54) is 23.5 Å². The zero-order valence-electron chi connectivity index (χ0n) is 56.9. The van der Waals surface area contributed by atoms with Gasteiger partial charge in [0.05, 0.1) is 77.3 Å². The van der Waals surface area contributed by atoms with Crippen molar-refractivity contribution in [3.05, 3.63) is 276 Å². The number of phosphoric acid groups is 1. The fraction of sp³-hybridized carbons (Fsp3) is 0.368. The van der Waals surface area contributed by atoms with Gasteiger partial charge >= 0.3 is 44.3 Å². The van der Waals surface area contributed by atoms with Gasteiger partial charge in [-0.05, 0) is 85.3 Å². The van der Waals surface area contributed by atoms with Crippen molar-refractivity contribution < 1.29 is 106 Å². The molecular formula is C76H88ClNaO16P2S2. The van der Waals surface area contributed by atoms with Gasteiger partial charge in [0.2, 0.25) is 0 Å². The van der Waals surface area contributed by atoms with E-state index in [2.05, 4.69) is 0 Å². The van der Waals surface area contributed by atoms with Crippen LogP contribution < -0.4 is 29.6 Å². The van der Waals surface area contributed by atoms with Crippen molar-refractivity contribution in [2.24, 2.45) is 0 Å². The minimum atomic E-state index is -4.01. The Morgan fingerprint density at radius 3 is 1.04 bits per heavy atom. The van der Waals surface area contributed by atoms with E-state index in [0.29, 0.717) is 46.1 Å². The van der Waals surface area contributed by atoms with Crippen LogP contribution >= 0.6 is 49.5 Å². The molecule has 8 aromatic carbocycles. The maximum absolute atomic E-state index is 14.2. The molecule has 4 aliphatic rings. The smallest absolute Gasteiger partial charge is 1.00 e. The molecule has 0 aliphatic carbocycles. The monoisotopic (exact) mass is 1440 g/mol. The minimum absolute atomic E-state index is 0. The number of aliphatic hydroxyl groups is 1. The number of rotatable bonds is 26. The number of hydrogen-bond donors (Lipinski definition) is 1. The first-order chi connectivity index (χ1) is 47.2. The summed E-state index contributed by atoms with van der Waals surface area (Å²) in [7, 11) is -4.01. The second-order valence-electron chi connectivity index (χ2n) is 24.1. The van der Waals surface area contributed by atoms with Gasteiger partial charge in [0.1, 0.15) is 59.7 Å². The van der Waals surface area contributed by atoms with Crippen LogP contribution in [0.2, 0.25) is 0 Å². The van der Waals surface area contributed by atoms with Crippen LogP contribution in [0, 0.1) is 0 Å². The van der Waals surface area contributed by atoms with Gasteiger partial charge in [0.25, 0.3) is 0 Å². The largest absolute Gasteiger partial charge is 1.00 e. The van der Waals surface area contributed by atoms with Crippen LogP contribution in [0.3, 0.4) is 0 Å². The molecule has 1 N–H and O–H groups in total. The van der Waals surface area contributed by atoms with Crippen molar-refractivity contribution in [3.63, 3.8) is 0 Å². The summed E-state index contributed by atoms with van der Waals surface area (Å²) in [5, 5.41) is 11.6. The van der Waals surface area contributed by atoms with Gasteiger partial charge in [-0.2, -0.15) is 0 Å². The van der Waals surface area contributed by atoms with Crippen molar-refractivity contribution in [2.45, 2.75) is 174 Å². The zero-order chi connectivity index (χ0) is 67.7. The van der Waals surface area contributed by atoms with Crippen LogP contribution in [0.4, 0.5) is 0 Å². The normalized spacial score (nSPS) is 28.3. The topological polar surface area (TPSA) is 174 Å². The van der Waals surface area contributed by atoms with E-state index in [9.17, 15) is 14.2 Å². The number of phosphoric ester groups is 1. The molecule has 12 rings (SSSR count). The summed E-state index contributed by atoms with van der Waals surface area (Å²) in [6, 6.07) is 79.8. The summed E-state index contributed by atoms with van der Waals surface area (Å²) in [6.45, 7) is 6.88. The molecule has 16 nitrogen and oxygen atoms in total. The Bertz CT molecular complexity index is 3580. The van der Waals surface area contributed by atoms with E-state index in [1.54, 1.807) is 0 Å². The molecule has 10 unspecified atom stereocenters. The second-order valence-corrected chi connectivity index (χ2v) is 30.5. The molecule has 8 aromatic rings. The van der Waals surface area contributed by atoms with Gasteiger partial charge in [-0.25, -0.2) is 9.13 Å². The number of ether oxygens (including phenoxy) is 8. The van der Waals surface area contributed by atoms with E-state index in [4.69, 9.17) is 71.8 Å². The van der Waals surface area contributed by atoms with E-state index < -0.39 is 74.5 Å². The van der Waals surface area contributed by atoms with Crippen LogP contribution in [-0.4, -0.2) is 102 Å². The minimum Gasteiger partial charge on any atom is -1.00 e. The number of aliphatic hydroxyl groups excluding tert-OH is 1. The van der Waals surface area contributed by atoms with Crippen molar-refractivity contribution >= 4 is 49.5 Å². The van der Waals surface area contributed by atoms with E-state index in [-0.39, 0.29) is 68.6 Å². The molecule has 4 fully saturated rings. The van der Waals surface area contributed by atoms with Crippen LogP contribution in [0.1, 0.15) is 75.3 Å². The fourth-order valence-corrected chi connectivity index (χ4v) is 17.3. The first-order valence-electron chi connectivity index (χ1n) is 32.8. The maximum Gasteiger partial charge on any atom is 1.00 e. The van der Waals surface area contributed by atoms with Crippen molar-refractivity contribution in [2.75, 3.05) is 13.2 Å². The van der Waals surface area contributed by atoms with E-state index in [1.807, 2.05) is 270 Å². The summed E-state index contributed by atoms with van der Waals surface area (Å²) in [5.74, 6) is 0. The maximum atomic E-state index is 14.2. The third kappa shape index (κ3) is 25.3. The summed E-state index contributed by atoms with van der Waals surface area (Å²) in [5.41, 5.74) is 4.97. The predicted octanol–water partition coefficient (Wildman–Crippen LogP) is 14.5. The van der Waals surface area contributed by atoms with Crippen molar-refractivity contribution in [1.29, 1.82) is 0 Å².